The first-order valence-electron chi connectivity index (χ1n) is 6.89. The maximum Gasteiger partial charge on any atom is 0.532 e. The van der Waals surface area contributed by atoms with Gasteiger partial charge in [-0.1, -0.05) is 5.57 Å². The molecule has 0 radical (unpaired) electrons. The molecule has 0 N–H and O–H groups in total. The topological polar surface area (TPSA) is 27.7 Å². The molecular formula is C13H24O3Si. The fraction of sp³-hybridized carbons (Fsp3) is 0.846. The van der Waals surface area contributed by atoms with Gasteiger partial charge >= 0.3 is 8.80 Å². The van der Waals surface area contributed by atoms with Gasteiger partial charge in [-0.25, -0.2) is 0 Å². The van der Waals surface area contributed by atoms with Gasteiger partial charge in [0.2, 0.25) is 0 Å². The molecule has 4 heteroatoms. The highest BCUT2D eigenvalue weighted by Crippen LogP contribution is 2.47. The first kappa shape index (κ1) is 13.3. The van der Waals surface area contributed by atoms with Crippen LogP contribution in [0.25, 0.3) is 0 Å². The Labute approximate surface area is 106 Å². The lowest BCUT2D eigenvalue weighted by Gasteiger charge is -2.31. The van der Waals surface area contributed by atoms with Crippen molar-refractivity contribution in [2.75, 3.05) is 19.8 Å². The van der Waals surface area contributed by atoms with E-state index < -0.39 is 8.80 Å². The summed E-state index contributed by atoms with van der Waals surface area (Å²) < 4.78 is 18.0. The summed E-state index contributed by atoms with van der Waals surface area (Å²) in [5, 5.41) is 1.42. The predicted molar refractivity (Wildman–Crippen MR) is 69.6 cm³/mol. The molecule has 0 aromatic carbocycles. The molecular weight excluding hydrogens is 232 g/mol. The van der Waals surface area contributed by atoms with Crippen molar-refractivity contribution in [1.82, 2.24) is 0 Å². The van der Waals surface area contributed by atoms with Crippen molar-refractivity contribution >= 4 is 8.80 Å². The Kier molecular flexibility index (Phi) is 4.41. The Morgan fingerprint density at radius 3 is 1.94 bits per heavy atom. The second-order valence-corrected chi connectivity index (χ2v) is 7.33. The zero-order chi connectivity index (χ0) is 12.3. The molecule has 2 bridgehead atoms. The molecule has 3 nitrogen and oxygen atoms in total. The van der Waals surface area contributed by atoms with Gasteiger partial charge in [0.15, 0.2) is 0 Å². The van der Waals surface area contributed by atoms with Gasteiger partial charge in [-0.05, 0) is 57.6 Å². The molecule has 1 saturated carbocycles. The quantitative estimate of drug-likeness (QED) is 0.655. The summed E-state index contributed by atoms with van der Waals surface area (Å²) in [7, 11) is -2.54. The summed E-state index contributed by atoms with van der Waals surface area (Å²) >= 11 is 0. The number of hydrogen-bond acceptors (Lipinski definition) is 3. The van der Waals surface area contributed by atoms with Crippen molar-refractivity contribution in [2.24, 2.45) is 5.92 Å². The molecule has 2 aliphatic rings. The lowest BCUT2D eigenvalue weighted by atomic mass is 10.1. The second kappa shape index (κ2) is 5.65. The molecule has 0 saturated heterocycles. The van der Waals surface area contributed by atoms with E-state index >= 15 is 0 Å². The number of hydrogen-bond donors (Lipinski definition) is 0. The molecule has 0 spiro atoms. The summed E-state index contributed by atoms with van der Waals surface area (Å²) in [5.41, 5.74) is 1.58. The summed E-state index contributed by atoms with van der Waals surface area (Å²) in [6, 6.07) is 0. The SMILES string of the molecule is CCO[Si](OCC)(OCC)C1=C2CCC(C2)C1. The van der Waals surface area contributed by atoms with Crippen molar-refractivity contribution in [3.63, 3.8) is 0 Å². The average molecular weight is 256 g/mol. The van der Waals surface area contributed by atoms with E-state index in [0.29, 0.717) is 19.8 Å². The highest BCUT2D eigenvalue weighted by molar-refractivity contribution is 6.69. The monoisotopic (exact) mass is 256 g/mol. The third-order valence-corrected chi connectivity index (χ3v) is 6.98. The zero-order valence-electron chi connectivity index (χ0n) is 11.3. The average Bonchev–Trinajstić information content (AvgIpc) is 2.91. The molecule has 0 aromatic rings. The molecule has 1 unspecified atom stereocenters. The standard InChI is InChI=1S/C13H24O3Si/c1-4-14-17(15-5-2,16-6-3)13-10-11-7-8-12(13)9-11/h11H,4-10H2,1-3H3. The molecule has 0 amide bonds. The van der Waals surface area contributed by atoms with Crippen molar-refractivity contribution in [3.05, 3.63) is 10.8 Å². The highest BCUT2D eigenvalue weighted by Gasteiger charge is 2.50. The van der Waals surface area contributed by atoms with Crippen LogP contribution in [0.3, 0.4) is 0 Å². The molecule has 1 fully saturated rings. The number of allylic oxidation sites excluding steroid dienone is 2. The van der Waals surface area contributed by atoms with Gasteiger partial charge in [0.1, 0.15) is 0 Å². The predicted octanol–water partition coefficient (Wildman–Crippen LogP) is 3.07. The first-order chi connectivity index (χ1) is 8.25. The van der Waals surface area contributed by atoms with Crippen LogP contribution in [0, 0.1) is 5.92 Å². The van der Waals surface area contributed by atoms with Crippen LogP contribution in [0.15, 0.2) is 10.8 Å². The zero-order valence-corrected chi connectivity index (χ0v) is 12.3. The number of rotatable bonds is 7. The Bertz CT molecular complexity index is 284. The van der Waals surface area contributed by atoms with E-state index in [4.69, 9.17) is 13.3 Å². The van der Waals surface area contributed by atoms with Gasteiger partial charge < -0.3 is 13.3 Å². The Balaban J connectivity index is 2.24. The van der Waals surface area contributed by atoms with E-state index in [0.717, 1.165) is 12.3 Å². The minimum Gasteiger partial charge on any atom is -0.370 e. The third kappa shape index (κ3) is 2.50. The van der Waals surface area contributed by atoms with Crippen LogP contribution < -0.4 is 0 Å². The van der Waals surface area contributed by atoms with E-state index in [1.165, 1.54) is 24.5 Å². The molecule has 0 aliphatic heterocycles. The second-order valence-electron chi connectivity index (χ2n) is 4.75. The third-order valence-electron chi connectivity index (χ3n) is 3.68. The Morgan fingerprint density at radius 2 is 1.59 bits per heavy atom. The van der Waals surface area contributed by atoms with Crippen LogP contribution in [0.5, 0.6) is 0 Å². The largest absolute Gasteiger partial charge is 0.532 e. The smallest absolute Gasteiger partial charge is 0.370 e. The molecule has 2 rings (SSSR count). The van der Waals surface area contributed by atoms with Gasteiger partial charge in [0.25, 0.3) is 0 Å². The normalized spacial score (nSPS) is 23.8. The van der Waals surface area contributed by atoms with E-state index in [1.807, 2.05) is 20.8 Å². The molecule has 1 atom stereocenters. The summed E-state index contributed by atoms with van der Waals surface area (Å²) in [6.07, 6.45) is 5.01. The molecule has 17 heavy (non-hydrogen) atoms. The van der Waals surface area contributed by atoms with Crippen LogP contribution >= 0.6 is 0 Å². The van der Waals surface area contributed by atoms with Gasteiger partial charge in [0.05, 0.1) is 0 Å². The van der Waals surface area contributed by atoms with Crippen molar-refractivity contribution in [3.8, 4) is 0 Å². The van der Waals surface area contributed by atoms with Crippen LogP contribution in [-0.4, -0.2) is 28.6 Å². The van der Waals surface area contributed by atoms with Crippen LogP contribution in [0.4, 0.5) is 0 Å². The fourth-order valence-corrected chi connectivity index (χ4v) is 6.22. The van der Waals surface area contributed by atoms with E-state index in [9.17, 15) is 0 Å². The molecule has 98 valence electrons. The van der Waals surface area contributed by atoms with Gasteiger partial charge in [-0.15, -0.1) is 0 Å². The fourth-order valence-electron chi connectivity index (χ4n) is 3.11. The Morgan fingerprint density at radius 1 is 1.00 bits per heavy atom. The van der Waals surface area contributed by atoms with Crippen LogP contribution in [0.1, 0.15) is 46.5 Å². The van der Waals surface area contributed by atoms with Crippen molar-refractivity contribution in [2.45, 2.75) is 46.5 Å². The van der Waals surface area contributed by atoms with Gasteiger partial charge in [0, 0.05) is 19.8 Å². The minimum absolute atomic E-state index is 0.674. The maximum atomic E-state index is 5.98. The first-order valence-corrected chi connectivity index (χ1v) is 8.61. The minimum atomic E-state index is -2.54. The Hall–Kier alpha value is -0.163. The van der Waals surface area contributed by atoms with Gasteiger partial charge in [-0.3, -0.25) is 0 Å². The lowest BCUT2D eigenvalue weighted by Crippen LogP contribution is -2.49. The lowest BCUT2D eigenvalue weighted by molar-refractivity contribution is 0.0792. The van der Waals surface area contributed by atoms with Crippen molar-refractivity contribution < 1.29 is 13.3 Å². The molecule has 0 heterocycles. The highest BCUT2D eigenvalue weighted by atomic mass is 28.4. The summed E-state index contributed by atoms with van der Waals surface area (Å²) in [4.78, 5) is 0. The van der Waals surface area contributed by atoms with E-state index in [1.54, 1.807) is 5.57 Å². The van der Waals surface area contributed by atoms with E-state index in [2.05, 4.69) is 0 Å². The maximum absolute atomic E-state index is 5.98. The molecule has 2 aliphatic carbocycles. The van der Waals surface area contributed by atoms with Gasteiger partial charge in [-0.2, -0.15) is 0 Å². The summed E-state index contributed by atoms with van der Waals surface area (Å²) in [5.74, 6) is 0.841. The summed E-state index contributed by atoms with van der Waals surface area (Å²) in [6.45, 7) is 8.10. The van der Waals surface area contributed by atoms with E-state index in [-0.39, 0.29) is 0 Å². The molecule has 0 aromatic heterocycles. The van der Waals surface area contributed by atoms with Crippen LogP contribution in [-0.2, 0) is 13.3 Å². The van der Waals surface area contributed by atoms with Crippen LogP contribution in [0.2, 0.25) is 0 Å². The number of fused-ring (bicyclic) bond motifs is 2. The van der Waals surface area contributed by atoms with Crippen molar-refractivity contribution in [1.29, 1.82) is 0 Å².